The molecule has 4 rings (SSSR count). The number of anilines is 2. The van der Waals surface area contributed by atoms with E-state index in [1.807, 2.05) is 19.1 Å². The van der Waals surface area contributed by atoms with Crippen molar-refractivity contribution in [3.8, 4) is 5.69 Å². The zero-order valence-electron chi connectivity index (χ0n) is 16.6. The summed E-state index contributed by atoms with van der Waals surface area (Å²) < 4.78 is 29.2. The van der Waals surface area contributed by atoms with Crippen LogP contribution in [0.25, 0.3) is 5.69 Å². The molecule has 31 heavy (non-hydrogen) atoms. The van der Waals surface area contributed by atoms with Gasteiger partial charge in [-0.05, 0) is 55.3 Å². The number of hydrogen-bond acceptors (Lipinski definition) is 6. The summed E-state index contributed by atoms with van der Waals surface area (Å²) >= 11 is 0. The summed E-state index contributed by atoms with van der Waals surface area (Å²) in [4.78, 5) is 36.2. The lowest BCUT2D eigenvalue weighted by Crippen LogP contribution is -2.24. The molecule has 2 amide bonds. The highest BCUT2D eigenvalue weighted by molar-refractivity contribution is 7.92. The zero-order valence-corrected chi connectivity index (χ0v) is 17.4. The first-order valence-corrected chi connectivity index (χ1v) is 10.7. The lowest BCUT2D eigenvalue weighted by Gasteiger charge is -2.14. The third-order valence-electron chi connectivity index (χ3n) is 5.00. The number of pyridine rings is 1. The fourth-order valence-corrected chi connectivity index (χ4v) is 4.49. The van der Waals surface area contributed by atoms with Gasteiger partial charge >= 0.3 is 0 Å². The Bertz CT molecular complexity index is 1420. The first-order chi connectivity index (χ1) is 14.6. The molecule has 0 spiro atoms. The van der Waals surface area contributed by atoms with Gasteiger partial charge in [-0.3, -0.25) is 29.0 Å². The molecule has 0 saturated carbocycles. The molecular formula is C21H18N4O5S. The molecule has 2 aromatic carbocycles. The van der Waals surface area contributed by atoms with Crippen LogP contribution in [-0.4, -0.2) is 24.8 Å². The van der Waals surface area contributed by atoms with Crippen LogP contribution in [0.15, 0.2) is 58.2 Å². The number of imide groups is 1. The van der Waals surface area contributed by atoms with Gasteiger partial charge in [-0.2, -0.15) is 0 Å². The molecule has 9 nitrogen and oxygen atoms in total. The van der Waals surface area contributed by atoms with Gasteiger partial charge < -0.3 is 5.73 Å². The molecule has 1 aromatic heterocycles. The number of nitrogens with zero attached hydrogens (tertiary/aromatic N) is 1. The van der Waals surface area contributed by atoms with Crippen molar-refractivity contribution in [1.29, 1.82) is 0 Å². The highest BCUT2D eigenvalue weighted by Crippen LogP contribution is 2.25. The van der Waals surface area contributed by atoms with Crippen molar-refractivity contribution in [2.24, 2.45) is 0 Å². The number of hydrogen-bond donors (Lipinski definition) is 3. The van der Waals surface area contributed by atoms with Gasteiger partial charge in [0.1, 0.15) is 5.82 Å². The second-order valence-electron chi connectivity index (χ2n) is 7.19. The lowest BCUT2D eigenvalue weighted by molar-refractivity contribution is 0.0880. The molecule has 0 fully saturated rings. The number of sulfonamides is 1. The molecule has 158 valence electrons. The van der Waals surface area contributed by atoms with Crippen LogP contribution in [0, 0.1) is 13.8 Å². The van der Waals surface area contributed by atoms with Crippen molar-refractivity contribution in [3.63, 3.8) is 0 Å². The summed E-state index contributed by atoms with van der Waals surface area (Å²) in [5.41, 5.74) is 7.62. The number of benzene rings is 2. The lowest BCUT2D eigenvalue weighted by atomic mass is 10.1. The highest BCUT2D eigenvalue weighted by Gasteiger charge is 2.31. The van der Waals surface area contributed by atoms with Gasteiger partial charge in [0.25, 0.3) is 27.4 Å². The number of carbonyl (C=O) groups excluding carboxylic acids is 2. The predicted octanol–water partition coefficient (Wildman–Crippen LogP) is 1.72. The van der Waals surface area contributed by atoms with E-state index in [1.54, 1.807) is 13.0 Å². The van der Waals surface area contributed by atoms with Crippen molar-refractivity contribution in [2.75, 3.05) is 10.5 Å². The standard InChI is InChI=1S/C21H18N4O5S/c1-11-3-4-12(2)16(9-11)24-31(29,30)14-7-5-13(6-8-14)25-17(26)10-15-18(19(25)22)21(28)23-20(15)27/h3-10,24H,22H2,1-2H3,(H,23,27,28). The molecule has 1 aliphatic rings. The average Bonchev–Trinajstić information content (AvgIpc) is 2.98. The van der Waals surface area contributed by atoms with Crippen molar-refractivity contribution >= 4 is 33.3 Å². The summed E-state index contributed by atoms with van der Waals surface area (Å²) in [6.07, 6.45) is 0. The molecule has 0 saturated heterocycles. The normalized spacial score (nSPS) is 13.1. The molecule has 0 atom stereocenters. The summed E-state index contributed by atoms with van der Waals surface area (Å²) in [6, 6.07) is 11.9. The van der Waals surface area contributed by atoms with Crippen LogP contribution < -0.4 is 21.3 Å². The van der Waals surface area contributed by atoms with Gasteiger partial charge in [-0.15, -0.1) is 0 Å². The van der Waals surface area contributed by atoms with Crippen LogP contribution in [0.3, 0.4) is 0 Å². The van der Waals surface area contributed by atoms with E-state index < -0.39 is 27.4 Å². The molecule has 3 aromatic rings. The number of nitrogens with one attached hydrogen (secondary N) is 2. The third kappa shape index (κ3) is 3.46. The van der Waals surface area contributed by atoms with E-state index in [0.29, 0.717) is 5.69 Å². The molecule has 0 radical (unpaired) electrons. The van der Waals surface area contributed by atoms with E-state index in [9.17, 15) is 22.8 Å². The number of aromatic nitrogens is 1. The molecule has 0 unspecified atom stereocenters. The van der Waals surface area contributed by atoms with E-state index in [4.69, 9.17) is 5.73 Å². The van der Waals surface area contributed by atoms with Crippen molar-refractivity contribution in [1.82, 2.24) is 9.88 Å². The first-order valence-electron chi connectivity index (χ1n) is 9.20. The largest absolute Gasteiger partial charge is 0.384 e. The maximum absolute atomic E-state index is 12.8. The second kappa shape index (κ2) is 7.10. The third-order valence-corrected chi connectivity index (χ3v) is 6.38. The molecule has 0 bridgehead atoms. The van der Waals surface area contributed by atoms with Gasteiger partial charge in [-0.1, -0.05) is 12.1 Å². The Morgan fingerprint density at radius 1 is 0.935 bits per heavy atom. The number of aryl methyl sites for hydroxylation is 2. The van der Waals surface area contributed by atoms with Crippen molar-refractivity contribution in [3.05, 3.63) is 81.1 Å². The number of nitrogen functional groups attached to an aromatic ring is 1. The van der Waals surface area contributed by atoms with Crippen LogP contribution in [0.5, 0.6) is 0 Å². The van der Waals surface area contributed by atoms with Gasteiger partial charge in [0.2, 0.25) is 0 Å². The number of fused-ring (bicyclic) bond motifs is 1. The van der Waals surface area contributed by atoms with E-state index >= 15 is 0 Å². The second-order valence-corrected chi connectivity index (χ2v) is 8.88. The van der Waals surface area contributed by atoms with E-state index in [1.165, 1.54) is 24.3 Å². The van der Waals surface area contributed by atoms with Gasteiger partial charge in [0, 0.05) is 6.07 Å². The predicted molar refractivity (Wildman–Crippen MR) is 115 cm³/mol. The summed E-state index contributed by atoms with van der Waals surface area (Å²) in [5.74, 6) is -1.58. The zero-order chi connectivity index (χ0) is 22.5. The maximum Gasteiger partial charge on any atom is 0.262 e. The van der Waals surface area contributed by atoms with Crippen molar-refractivity contribution < 1.29 is 18.0 Å². The summed E-state index contributed by atoms with van der Waals surface area (Å²) in [5, 5.41) is 2.09. The SMILES string of the molecule is Cc1ccc(C)c(NS(=O)(=O)c2ccc(-n3c(N)c4c(cc3=O)C(=O)NC4=O)cc2)c1. The Morgan fingerprint density at radius 3 is 2.29 bits per heavy atom. The Hall–Kier alpha value is -3.92. The number of amides is 2. The Morgan fingerprint density at radius 2 is 1.61 bits per heavy atom. The van der Waals surface area contributed by atoms with Crippen LogP contribution in [-0.2, 0) is 10.0 Å². The number of rotatable bonds is 4. The smallest absolute Gasteiger partial charge is 0.262 e. The fourth-order valence-electron chi connectivity index (χ4n) is 3.37. The molecule has 4 N–H and O–H groups in total. The van der Waals surface area contributed by atoms with Crippen molar-refractivity contribution in [2.45, 2.75) is 18.7 Å². The van der Waals surface area contributed by atoms with Gasteiger partial charge in [-0.25, -0.2) is 8.42 Å². The molecular weight excluding hydrogens is 420 g/mol. The minimum atomic E-state index is -3.87. The number of nitrogens with two attached hydrogens (primary N) is 1. The molecule has 10 heteroatoms. The highest BCUT2D eigenvalue weighted by atomic mass is 32.2. The Kier molecular flexibility index (Phi) is 4.66. The minimum Gasteiger partial charge on any atom is -0.384 e. The van der Waals surface area contributed by atoms with Crippen LogP contribution >= 0.6 is 0 Å². The van der Waals surface area contributed by atoms with Crippen LogP contribution in [0.2, 0.25) is 0 Å². The van der Waals surface area contributed by atoms with Gasteiger partial charge in [0.15, 0.2) is 0 Å². The summed E-state index contributed by atoms with van der Waals surface area (Å²) in [7, 11) is -3.87. The van der Waals surface area contributed by atoms with E-state index in [-0.39, 0.29) is 27.5 Å². The Labute approximate surface area is 177 Å². The van der Waals surface area contributed by atoms with E-state index in [0.717, 1.165) is 21.8 Å². The minimum absolute atomic E-state index is 0.0159. The summed E-state index contributed by atoms with van der Waals surface area (Å²) in [6.45, 7) is 3.66. The fraction of sp³-hybridized carbons (Fsp3) is 0.0952. The Balaban J connectivity index is 1.72. The molecule has 2 heterocycles. The molecule has 0 aliphatic carbocycles. The topological polar surface area (TPSA) is 140 Å². The number of carbonyl (C=O) groups is 2. The monoisotopic (exact) mass is 438 g/mol. The quantitative estimate of drug-likeness (QED) is 0.530. The van der Waals surface area contributed by atoms with E-state index in [2.05, 4.69) is 10.0 Å². The van der Waals surface area contributed by atoms with Gasteiger partial charge in [0.05, 0.1) is 27.4 Å². The first kappa shape index (κ1) is 20.4. The van der Waals surface area contributed by atoms with Crippen LogP contribution in [0.4, 0.5) is 11.5 Å². The van der Waals surface area contributed by atoms with Crippen LogP contribution in [0.1, 0.15) is 31.8 Å². The maximum atomic E-state index is 12.8. The molecule has 1 aliphatic heterocycles. The average molecular weight is 438 g/mol.